The predicted molar refractivity (Wildman–Crippen MR) is 88.5 cm³/mol. The van der Waals surface area contributed by atoms with Crippen molar-refractivity contribution in [2.24, 2.45) is 11.1 Å². The highest BCUT2D eigenvalue weighted by Crippen LogP contribution is 2.56. The summed E-state index contributed by atoms with van der Waals surface area (Å²) >= 11 is 0. The van der Waals surface area contributed by atoms with Crippen molar-refractivity contribution in [1.29, 1.82) is 0 Å². The fourth-order valence-corrected chi connectivity index (χ4v) is 4.40. The minimum Gasteiger partial charge on any atom is -0.412 e. The van der Waals surface area contributed by atoms with Crippen LogP contribution in [-0.4, -0.2) is 45.5 Å². The Morgan fingerprint density at radius 2 is 1.90 bits per heavy atom. The second kappa shape index (κ2) is 5.71. The lowest BCUT2D eigenvalue weighted by Gasteiger charge is -2.46. The van der Waals surface area contributed by atoms with E-state index in [1.54, 1.807) is 0 Å². The molecule has 0 bridgehead atoms. The van der Waals surface area contributed by atoms with Gasteiger partial charge in [-0.15, -0.1) is 0 Å². The summed E-state index contributed by atoms with van der Waals surface area (Å²) in [5, 5.41) is 0.308. The molecular weight excluding hydrogens is 264 g/mol. The van der Waals surface area contributed by atoms with Crippen LogP contribution in [0.2, 0.25) is 18.1 Å². The molecule has 20 heavy (non-hydrogen) atoms. The second-order valence-electron chi connectivity index (χ2n) is 8.42. The summed E-state index contributed by atoms with van der Waals surface area (Å²) in [5.74, 6) is 0. The number of nitrogens with zero attached hydrogens (tertiary/aromatic N) is 1. The molecule has 2 N–H and O–H groups in total. The summed E-state index contributed by atoms with van der Waals surface area (Å²) in [6.45, 7) is 16.1. The molecule has 0 aromatic carbocycles. The first-order valence-corrected chi connectivity index (χ1v) is 11.2. The first kappa shape index (κ1) is 16.5. The molecule has 0 amide bonds. The van der Waals surface area contributed by atoms with Gasteiger partial charge in [0.25, 0.3) is 0 Å². The molecule has 1 atom stereocenters. The molecule has 1 aliphatic carbocycles. The van der Waals surface area contributed by atoms with Gasteiger partial charge < -0.3 is 15.1 Å². The van der Waals surface area contributed by atoms with Crippen LogP contribution in [0.15, 0.2) is 0 Å². The van der Waals surface area contributed by atoms with E-state index in [1.165, 1.54) is 25.8 Å². The van der Waals surface area contributed by atoms with E-state index in [0.29, 0.717) is 16.6 Å². The van der Waals surface area contributed by atoms with Gasteiger partial charge in [-0.25, -0.2) is 0 Å². The van der Waals surface area contributed by atoms with E-state index in [0.717, 1.165) is 26.1 Å². The Kier molecular flexibility index (Phi) is 4.70. The highest BCUT2D eigenvalue weighted by atomic mass is 28.4. The van der Waals surface area contributed by atoms with Crippen LogP contribution in [0.5, 0.6) is 0 Å². The SMILES string of the molecule is CC(C)(C)[Si](C)(C)OC1CN(CCCN)CCC12CC2. The maximum atomic E-state index is 6.80. The number of piperidine rings is 1. The molecule has 1 unspecified atom stereocenters. The summed E-state index contributed by atoms with van der Waals surface area (Å²) in [6.07, 6.45) is 5.68. The van der Waals surface area contributed by atoms with Crippen molar-refractivity contribution in [3.05, 3.63) is 0 Å². The van der Waals surface area contributed by atoms with E-state index in [9.17, 15) is 0 Å². The summed E-state index contributed by atoms with van der Waals surface area (Å²) < 4.78 is 6.80. The molecule has 1 aliphatic heterocycles. The second-order valence-corrected chi connectivity index (χ2v) is 13.2. The van der Waals surface area contributed by atoms with Crippen LogP contribution in [-0.2, 0) is 4.43 Å². The van der Waals surface area contributed by atoms with Crippen molar-refractivity contribution in [2.45, 2.75) is 70.7 Å². The molecule has 1 saturated heterocycles. The van der Waals surface area contributed by atoms with Gasteiger partial charge in [0.15, 0.2) is 8.32 Å². The summed E-state index contributed by atoms with van der Waals surface area (Å²) in [5.41, 5.74) is 6.19. The van der Waals surface area contributed by atoms with Crippen LogP contribution in [0.25, 0.3) is 0 Å². The molecule has 2 fully saturated rings. The lowest BCUT2D eigenvalue weighted by atomic mass is 9.90. The average molecular weight is 299 g/mol. The minimum atomic E-state index is -1.65. The van der Waals surface area contributed by atoms with Crippen molar-refractivity contribution in [3.63, 3.8) is 0 Å². The molecule has 0 aromatic heterocycles. The standard InChI is InChI=1S/C16H34N2OSi/c1-15(2,3)20(4,5)19-14-13-18(11-6-10-17)12-9-16(14)7-8-16/h14H,6-13,17H2,1-5H3. The monoisotopic (exact) mass is 298 g/mol. The Morgan fingerprint density at radius 3 is 2.40 bits per heavy atom. The van der Waals surface area contributed by atoms with Crippen LogP contribution in [0, 0.1) is 5.41 Å². The molecular formula is C16H34N2OSi. The lowest BCUT2D eigenvalue weighted by molar-refractivity contribution is 0.0169. The molecule has 2 rings (SSSR count). The van der Waals surface area contributed by atoms with Crippen LogP contribution in [0.4, 0.5) is 0 Å². The summed E-state index contributed by atoms with van der Waals surface area (Å²) in [7, 11) is -1.65. The third-order valence-electron chi connectivity index (χ3n) is 5.85. The van der Waals surface area contributed by atoms with Gasteiger partial charge in [0.1, 0.15) is 0 Å². The smallest absolute Gasteiger partial charge is 0.192 e. The normalized spacial score (nSPS) is 27.0. The number of nitrogens with two attached hydrogens (primary N) is 1. The van der Waals surface area contributed by atoms with E-state index in [-0.39, 0.29) is 0 Å². The topological polar surface area (TPSA) is 38.5 Å². The molecule has 1 saturated carbocycles. The van der Waals surface area contributed by atoms with Crippen molar-refractivity contribution in [1.82, 2.24) is 4.90 Å². The van der Waals surface area contributed by atoms with Crippen molar-refractivity contribution in [2.75, 3.05) is 26.2 Å². The number of likely N-dealkylation sites (tertiary alicyclic amines) is 1. The van der Waals surface area contributed by atoms with Gasteiger partial charge in [0.05, 0.1) is 6.10 Å². The maximum absolute atomic E-state index is 6.80. The van der Waals surface area contributed by atoms with Gasteiger partial charge in [-0.2, -0.15) is 0 Å². The molecule has 4 heteroatoms. The Bertz CT molecular complexity index is 334. The molecule has 0 radical (unpaired) electrons. The third kappa shape index (κ3) is 3.46. The zero-order chi connectivity index (χ0) is 15.0. The molecule has 0 aromatic rings. The summed E-state index contributed by atoms with van der Waals surface area (Å²) in [4.78, 5) is 2.58. The maximum Gasteiger partial charge on any atom is 0.192 e. The molecule has 2 aliphatic rings. The van der Waals surface area contributed by atoms with E-state index in [2.05, 4.69) is 38.8 Å². The van der Waals surface area contributed by atoms with Gasteiger partial charge >= 0.3 is 0 Å². The number of hydrogen-bond acceptors (Lipinski definition) is 3. The fourth-order valence-electron chi connectivity index (χ4n) is 3.01. The molecule has 118 valence electrons. The minimum absolute atomic E-state index is 0.308. The molecule has 1 heterocycles. The third-order valence-corrected chi connectivity index (χ3v) is 10.3. The Morgan fingerprint density at radius 1 is 1.25 bits per heavy atom. The van der Waals surface area contributed by atoms with Gasteiger partial charge in [-0.3, -0.25) is 0 Å². The Balaban J connectivity index is 2.00. The van der Waals surface area contributed by atoms with Gasteiger partial charge in [0, 0.05) is 6.54 Å². The first-order valence-electron chi connectivity index (χ1n) is 8.30. The molecule has 1 spiro atoms. The highest BCUT2D eigenvalue weighted by molar-refractivity contribution is 6.74. The average Bonchev–Trinajstić information content (AvgIpc) is 3.10. The van der Waals surface area contributed by atoms with Gasteiger partial charge in [-0.1, -0.05) is 20.8 Å². The number of rotatable bonds is 5. The zero-order valence-electron chi connectivity index (χ0n) is 14.2. The Labute approximate surface area is 126 Å². The zero-order valence-corrected chi connectivity index (χ0v) is 15.2. The van der Waals surface area contributed by atoms with E-state index < -0.39 is 8.32 Å². The number of hydrogen-bond donors (Lipinski definition) is 1. The Hall–Kier alpha value is 0.0969. The largest absolute Gasteiger partial charge is 0.412 e. The van der Waals surface area contributed by atoms with E-state index in [4.69, 9.17) is 10.2 Å². The first-order chi connectivity index (χ1) is 9.20. The highest BCUT2D eigenvalue weighted by Gasteiger charge is 2.54. The van der Waals surface area contributed by atoms with Crippen LogP contribution in [0.1, 0.15) is 46.5 Å². The van der Waals surface area contributed by atoms with Crippen molar-refractivity contribution in [3.8, 4) is 0 Å². The van der Waals surface area contributed by atoms with Crippen molar-refractivity contribution >= 4 is 8.32 Å². The van der Waals surface area contributed by atoms with Gasteiger partial charge in [-0.05, 0) is 68.9 Å². The summed E-state index contributed by atoms with van der Waals surface area (Å²) in [6, 6.07) is 0. The van der Waals surface area contributed by atoms with Gasteiger partial charge in [0.2, 0.25) is 0 Å². The lowest BCUT2D eigenvalue weighted by Crippen LogP contribution is -2.53. The predicted octanol–water partition coefficient (Wildman–Crippen LogP) is 3.21. The van der Waals surface area contributed by atoms with Crippen LogP contribution < -0.4 is 5.73 Å². The quantitative estimate of drug-likeness (QED) is 0.792. The van der Waals surface area contributed by atoms with Crippen molar-refractivity contribution < 1.29 is 4.43 Å². The van der Waals surface area contributed by atoms with E-state index >= 15 is 0 Å². The molecule has 3 nitrogen and oxygen atoms in total. The van der Waals surface area contributed by atoms with Crippen LogP contribution >= 0.6 is 0 Å². The fraction of sp³-hybridized carbons (Fsp3) is 1.00. The van der Waals surface area contributed by atoms with Crippen LogP contribution in [0.3, 0.4) is 0 Å². The van der Waals surface area contributed by atoms with E-state index in [1.807, 2.05) is 0 Å².